The molecule has 2 aliphatic heterocycles. The van der Waals surface area contributed by atoms with Gasteiger partial charge in [-0.25, -0.2) is 37.5 Å². The number of esters is 1. The maximum atomic E-state index is 14.1. The molecule has 0 atom stereocenters. The maximum absolute atomic E-state index is 14.1. The highest BCUT2D eigenvalue weighted by molar-refractivity contribution is 6.09. The zero-order chi connectivity index (χ0) is 37.0. The van der Waals surface area contributed by atoms with Gasteiger partial charge in [0.2, 0.25) is 6.79 Å². The molecule has 0 amide bonds. The van der Waals surface area contributed by atoms with Crippen LogP contribution in [0.15, 0.2) is 103 Å². The van der Waals surface area contributed by atoms with Crippen LogP contribution in [0.25, 0.3) is 0 Å². The highest BCUT2D eigenvalue weighted by Crippen LogP contribution is 2.37. The SMILES string of the molecule is CC(C)OC(=O)c1ccc(C[N+]2=C(c3ccco3)c3cc4c(cc3CC2)OCO4)cc1.OC(Cn1cncn1)(Cn1cncn1)c1ccc(F)cc1F.[Br-]. The van der Waals surface area contributed by atoms with Gasteiger partial charge in [0.05, 0.1) is 36.6 Å². The van der Waals surface area contributed by atoms with Gasteiger partial charge < -0.3 is 40.7 Å². The number of fused-ring (bicyclic) bond motifs is 2. The number of nitrogens with zero attached hydrogens (tertiary/aromatic N) is 7. The first-order valence-electron chi connectivity index (χ1n) is 16.9. The summed E-state index contributed by atoms with van der Waals surface area (Å²) in [4.78, 5) is 19.7. The minimum atomic E-state index is -1.70. The highest BCUT2D eigenvalue weighted by atomic mass is 79.9. The van der Waals surface area contributed by atoms with Gasteiger partial charge >= 0.3 is 5.97 Å². The van der Waals surface area contributed by atoms with E-state index >= 15 is 0 Å². The summed E-state index contributed by atoms with van der Waals surface area (Å²) in [7, 11) is 0. The van der Waals surface area contributed by atoms with Gasteiger partial charge in [0.1, 0.15) is 49.1 Å². The lowest BCUT2D eigenvalue weighted by molar-refractivity contribution is -0.544. The van der Waals surface area contributed by atoms with Crippen molar-refractivity contribution < 1.29 is 58.9 Å². The van der Waals surface area contributed by atoms with E-state index in [9.17, 15) is 18.7 Å². The Morgan fingerprint density at radius 2 is 1.65 bits per heavy atom. The fourth-order valence-electron chi connectivity index (χ4n) is 6.31. The first kappa shape index (κ1) is 38.0. The van der Waals surface area contributed by atoms with Crippen LogP contribution < -0.4 is 26.5 Å². The highest BCUT2D eigenvalue weighted by Gasteiger charge is 2.35. The molecular formula is C38H36BrF2N7O6. The van der Waals surface area contributed by atoms with E-state index in [1.807, 2.05) is 56.3 Å². The van der Waals surface area contributed by atoms with E-state index in [1.54, 1.807) is 6.26 Å². The maximum Gasteiger partial charge on any atom is 0.338 e. The van der Waals surface area contributed by atoms with Gasteiger partial charge in [-0.1, -0.05) is 18.2 Å². The molecule has 5 heterocycles. The van der Waals surface area contributed by atoms with Crippen LogP contribution >= 0.6 is 0 Å². The molecule has 1 N–H and O–H groups in total. The Hall–Kier alpha value is -5.74. The molecule has 0 fully saturated rings. The summed E-state index contributed by atoms with van der Waals surface area (Å²) in [6, 6.07) is 18.6. The molecule has 0 saturated carbocycles. The van der Waals surface area contributed by atoms with Crippen molar-refractivity contribution in [2.24, 2.45) is 0 Å². The summed E-state index contributed by atoms with van der Waals surface area (Å²) in [5.41, 5.74) is 3.27. The van der Waals surface area contributed by atoms with E-state index in [0.717, 1.165) is 59.2 Å². The number of halogens is 3. The number of aromatic nitrogens is 6. The number of rotatable bonds is 10. The summed E-state index contributed by atoms with van der Waals surface area (Å²) >= 11 is 0. The van der Waals surface area contributed by atoms with Crippen molar-refractivity contribution in [3.63, 3.8) is 0 Å². The molecule has 13 nitrogen and oxygen atoms in total. The van der Waals surface area contributed by atoms with Crippen LogP contribution in [0.4, 0.5) is 8.78 Å². The number of carbonyl (C=O) groups excluding carboxylic acids is 1. The summed E-state index contributed by atoms with van der Waals surface area (Å²) in [5, 5.41) is 18.8. The first-order valence-corrected chi connectivity index (χ1v) is 16.9. The standard InChI is InChI=1S/C25H24NO5.C13H12F2N6O.BrH/c1-16(2)31-25(27)18-7-5-17(6-8-18)14-26-10-9-19-12-22-23(30-15-29-22)13-20(19)24(26)21-4-3-11-28-21;14-10-1-2-11(12(15)3-10)13(22,4-20-8-16-6-18-20)5-21-9-17-7-19-21;/h3-8,11-13,16H,9-10,14-15H2,1-2H3;1-3,6-9,22H,4-5H2;1H/q+1;;/p-1. The second-order valence-corrected chi connectivity index (χ2v) is 12.9. The normalized spacial score (nSPS) is 13.2. The van der Waals surface area contributed by atoms with Crippen molar-refractivity contribution in [1.29, 1.82) is 0 Å². The van der Waals surface area contributed by atoms with Gasteiger partial charge in [-0.15, -0.1) is 0 Å². The molecule has 54 heavy (non-hydrogen) atoms. The van der Waals surface area contributed by atoms with E-state index in [1.165, 1.54) is 46.3 Å². The van der Waals surface area contributed by atoms with Gasteiger partial charge in [0, 0.05) is 23.6 Å². The fraction of sp³-hybridized carbons (Fsp3) is 0.263. The molecule has 8 rings (SSSR count). The average molecular weight is 805 g/mol. The molecule has 0 unspecified atom stereocenters. The number of carbonyl (C=O) groups is 1. The van der Waals surface area contributed by atoms with Crippen molar-refractivity contribution in [2.75, 3.05) is 13.3 Å². The van der Waals surface area contributed by atoms with Crippen LogP contribution in [-0.2, 0) is 36.4 Å². The largest absolute Gasteiger partial charge is 1.00 e. The van der Waals surface area contributed by atoms with Crippen molar-refractivity contribution in [3.05, 3.63) is 144 Å². The van der Waals surface area contributed by atoms with E-state index in [-0.39, 0.29) is 54.5 Å². The van der Waals surface area contributed by atoms with Crippen molar-refractivity contribution in [3.8, 4) is 11.5 Å². The molecule has 2 aliphatic rings. The Kier molecular flexibility index (Phi) is 11.6. The molecular weight excluding hydrogens is 768 g/mol. The Morgan fingerprint density at radius 3 is 2.24 bits per heavy atom. The van der Waals surface area contributed by atoms with Crippen LogP contribution in [0.1, 0.15) is 52.2 Å². The smallest absolute Gasteiger partial charge is 0.338 e. The summed E-state index contributed by atoms with van der Waals surface area (Å²) < 4.78 is 54.5. The average Bonchev–Trinajstić information content (AvgIpc) is 3.97. The van der Waals surface area contributed by atoms with E-state index in [0.29, 0.717) is 12.1 Å². The zero-order valence-corrected chi connectivity index (χ0v) is 30.9. The molecule has 16 heteroatoms. The molecule has 0 saturated heterocycles. The number of hydrogen-bond acceptors (Lipinski definition) is 10. The van der Waals surface area contributed by atoms with Gasteiger partial charge in [-0.3, -0.25) is 0 Å². The molecule has 0 spiro atoms. The van der Waals surface area contributed by atoms with E-state index in [2.05, 4.69) is 30.8 Å². The van der Waals surface area contributed by atoms with Crippen molar-refractivity contribution in [2.45, 2.75) is 51.6 Å². The number of furan rings is 1. The second-order valence-electron chi connectivity index (χ2n) is 12.9. The summed E-state index contributed by atoms with van der Waals surface area (Å²) in [6.07, 6.45) is 7.85. The number of ether oxygens (including phenoxy) is 3. The van der Waals surface area contributed by atoms with Crippen LogP contribution in [-0.4, -0.2) is 70.3 Å². The lowest BCUT2D eigenvalue weighted by atomic mass is 9.93. The van der Waals surface area contributed by atoms with E-state index in [4.69, 9.17) is 18.6 Å². The van der Waals surface area contributed by atoms with Gasteiger partial charge in [0.15, 0.2) is 23.8 Å². The Labute approximate surface area is 319 Å². The molecule has 0 aliphatic carbocycles. The second kappa shape index (κ2) is 16.5. The Morgan fingerprint density at radius 1 is 0.963 bits per heavy atom. The van der Waals surface area contributed by atoms with E-state index < -0.39 is 17.2 Å². The minimum Gasteiger partial charge on any atom is -1.00 e. The molecule has 3 aromatic heterocycles. The van der Waals surface area contributed by atoms with Crippen LogP contribution in [0.5, 0.6) is 11.5 Å². The number of aliphatic hydroxyl groups is 1. The minimum absolute atomic E-state index is 0. The topological polar surface area (TPSA) is 143 Å². The predicted molar refractivity (Wildman–Crippen MR) is 184 cm³/mol. The Bertz CT molecular complexity index is 2180. The van der Waals surface area contributed by atoms with Crippen LogP contribution in [0.3, 0.4) is 0 Å². The third-order valence-electron chi connectivity index (χ3n) is 8.69. The van der Waals surface area contributed by atoms with Crippen LogP contribution in [0, 0.1) is 11.6 Å². The number of hydrogen-bond donors (Lipinski definition) is 1. The monoisotopic (exact) mass is 803 g/mol. The van der Waals surface area contributed by atoms with Gasteiger partial charge in [-0.2, -0.15) is 10.2 Å². The molecule has 280 valence electrons. The fourth-order valence-corrected chi connectivity index (χ4v) is 6.31. The Balaban J connectivity index is 0.000000191. The predicted octanol–water partition coefficient (Wildman–Crippen LogP) is 1.92. The summed E-state index contributed by atoms with van der Waals surface area (Å²) in [6.45, 7) is 5.34. The number of benzene rings is 3. The van der Waals surface area contributed by atoms with Crippen molar-refractivity contribution in [1.82, 2.24) is 29.5 Å². The third kappa shape index (κ3) is 8.55. The lowest BCUT2D eigenvalue weighted by Crippen LogP contribution is -3.00. The molecule has 0 bridgehead atoms. The van der Waals surface area contributed by atoms with Crippen molar-refractivity contribution >= 4 is 11.7 Å². The van der Waals surface area contributed by atoms with Crippen LogP contribution in [0.2, 0.25) is 0 Å². The zero-order valence-electron chi connectivity index (χ0n) is 29.3. The molecule has 0 radical (unpaired) electrons. The lowest BCUT2D eigenvalue weighted by Gasteiger charge is -2.28. The molecule has 6 aromatic rings. The van der Waals surface area contributed by atoms with Gasteiger partial charge in [0.25, 0.3) is 5.71 Å². The summed E-state index contributed by atoms with van der Waals surface area (Å²) in [5.74, 6) is 0.518. The molecule has 3 aromatic carbocycles. The van der Waals surface area contributed by atoms with Gasteiger partial charge in [-0.05, 0) is 61.9 Å². The first-order chi connectivity index (χ1) is 25.6. The third-order valence-corrected chi connectivity index (χ3v) is 8.69. The quantitative estimate of drug-likeness (QED) is 0.161.